The Morgan fingerprint density at radius 1 is 1.12 bits per heavy atom. The molecule has 0 heterocycles. The molecule has 0 saturated heterocycles. The van der Waals surface area contributed by atoms with Crippen LogP contribution in [0.25, 0.3) is 0 Å². The van der Waals surface area contributed by atoms with Crippen LogP contribution in [0.2, 0.25) is 0 Å². The smallest absolute Gasteiger partial charge is 0.327 e. The number of esters is 1. The highest BCUT2D eigenvalue weighted by Gasteiger charge is 2.25. The molecule has 0 radical (unpaired) electrons. The fourth-order valence-corrected chi connectivity index (χ4v) is 2.01. The van der Waals surface area contributed by atoms with E-state index in [1.807, 2.05) is 25.9 Å². The maximum absolute atomic E-state index is 11.8. The molecule has 1 rings (SSSR count). The SMILES string of the molecule is COC(=O)C(c1cc(C)c(C)cc1C)N(C)C. The number of aryl methyl sites for hydroxylation is 3. The number of carbonyl (C=O) groups excluding carboxylic acids is 1. The van der Waals surface area contributed by atoms with Crippen molar-refractivity contribution in [2.45, 2.75) is 26.8 Å². The molecule has 0 fully saturated rings. The third-order valence-electron chi connectivity index (χ3n) is 3.12. The number of hydrogen-bond donors (Lipinski definition) is 0. The molecule has 94 valence electrons. The van der Waals surface area contributed by atoms with Gasteiger partial charge in [0, 0.05) is 0 Å². The van der Waals surface area contributed by atoms with Crippen LogP contribution < -0.4 is 0 Å². The highest BCUT2D eigenvalue weighted by atomic mass is 16.5. The number of hydrogen-bond acceptors (Lipinski definition) is 3. The summed E-state index contributed by atoms with van der Waals surface area (Å²) in [6.07, 6.45) is 0. The van der Waals surface area contributed by atoms with Crippen LogP contribution in [-0.4, -0.2) is 32.1 Å². The highest BCUT2D eigenvalue weighted by Crippen LogP contribution is 2.26. The molecule has 0 saturated carbocycles. The van der Waals surface area contributed by atoms with Gasteiger partial charge in [-0.25, -0.2) is 4.79 Å². The molecule has 0 bridgehead atoms. The van der Waals surface area contributed by atoms with E-state index in [0.717, 1.165) is 11.1 Å². The number of carbonyl (C=O) groups is 1. The van der Waals surface area contributed by atoms with Crippen LogP contribution in [-0.2, 0) is 9.53 Å². The van der Waals surface area contributed by atoms with Crippen LogP contribution in [0, 0.1) is 20.8 Å². The summed E-state index contributed by atoms with van der Waals surface area (Å²) in [4.78, 5) is 13.7. The summed E-state index contributed by atoms with van der Waals surface area (Å²) in [5, 5.41) is 0. The van der Waals surface area contributed by atoms with Crippen LogP contribution >= 0.6 is 0 Å². The third kappa shape index (κ3) is 2.86. The first-order valence-electron chi connectivity index (χ1n) is 5.70. The second-order valence-corrected chi connectivity index (χ2v) is 4.68. The Labute approximate surface area is 103 Å². The Balaban J connectivity index is 3.28. The molecule has 0 aliphatic heterocycles. The maximum atomic E-state index is 11.8. The maximum Gasteiger partial charge on any atom is 0.327 e. The van der Waals surface area contributed by atoms with Crippen molar-refractivity contribution in [3.63, 3.8) is 0 Å². The summed E-state index contributed by atoms with van der Waals surface area (Å²) in [6.45, 7) is 6.17. The van der Waals surface area contributed by atoms with Gasteiger partial charge in [0.15, 0.2) is 0 Å². The molecule has 3 nitrogen and oxygen atoms in total. The van der Waals surface area contributed by atoms with Gasteiger partial charge in [0.1, 0.15) is 6.04 Å². The van der Waals surface area contributed by atoms with Crippen LogP contribution in [0.15, 0.2) is 12.1 Å². The Morgan fingerprint density at radius 2 is 1.65 bits per heavy atom. The molecule has 1 aromatic rings. The van der Waals surface area contributed by atoms with E-state index in [1.165, 1.54) is 18.2 Å². The van der Waals surface area contributed by atoms with Gasteiger partial charge in [-0.15, -0.1) is 0 Å². The quantitative estimate of drug-likeness (QED) is 0.753. The summed E-state index contributed by atoms with van der Waals surface area (Å²) in [5.41, 5.74) is 4.58. The van der Waals surface area contributed by atoms with Gasteiger partial charge in [-0.2, -0.15) is 0 Å². The second kappa shape index (κ2) is 5.32. The fraction of sp³-hybridized carbons (Fsp3) is 0.500. The van der Waals surface area contributed by atoms with Crippen molar-refractivity contribution < 1.29 is 9.53 Å². The van der Waals surface area contributed by atoms with Crippen LogP contribution in [0.1, 0.15) is 28.3 Å². The molecule has 0 aromatic heterocycles. The van der Waals surface area contributed by atoms with Gasteiger partial charge < -0.3 is 4.74 Å². The predicted octanol–water partition coefficient (Wildman–Crippen LogP) is 2.39. The average molecular weight is 235 g/mol. The van der Waals surface area contributed by atoms with Crippen LogP contribution in [0.5, 0.6) is 0 Å². The van der Waals surface area contributed by atoms with Gasteiger partial charge in [0.2, 0.25) is 0 Å². The van der Waals surface area contributed by atoms with Gasteiger partial charge in [-0.05, 0) is 57.1 Å². The van der Waals surface area contributed by atoms with Gasteiger partial charge in [-0.1, -0.05) is 12.1 Å². The van der Waals surface area contributed by atoms with Gasteiger partial charge >= 0.3 is 5.97 Å². The molecule has 0 amide bonds. The highest BCUT2D eigenvalue weighted by molar-refractivity contribution is 5.78. The molecular weight excluding hydrogens is 214 g/mol. The first-order chi connectivity index (χ1) is 7.88. The fourth-order valence-electron chi connectivity index (χ4n) is 2.01. The average Bonchev–Trinajstić information content (AvgIpc) is 2.25. The molecule has 1 atom stereocenters. The first-order valence-corrected chi connectivity index (χ1v) is 5.70. The van der Waals surface area contributed by atoms with Crippen molar-refractivity contribution >= 4 is 5.97 Å². The van der Waals surface area contributed by atoms with E-state index in [1.54, 1.807) is 0 Å². The van der Waals surface area contributed by atoms with Crippen molar-refractivity contribution in [2.75, 3.05) is 21.2 Å². The third-order valence-corrected chi connectivity index (χ3v) is 3.12. The molecular formula is C14H21NO2. The van der Waals surface area contributed by atoms with Gasteiger partial charge in [-0.3, -0.25) is 4.90 Å². The number of methoxy groups -OCH3 is 1. The van der Waals surface area contributed by atoms with Crippen molar-refractivity contribution in [2.24, 2.45) is 0 Å². The molecule has 0 spiro atoms. The van der Waals surface area contributed by atoms with E-state index in [4.69, 9.17) is 4.74 Å². The van der Waals surface area contributed by atoms with Crippen LogP contribution in [0.4, 0.5) is 0 Å². The summed E-state index contributed by atoms with van der Waals surface area (Å²) < 4.78 is 4.87. The van der Waals surface area contributed by atoms with Crippen LogP contribution in [0.3, 0.4) is 0 Å². The molecule has 1 unspecified atom stereocenters. The monoisotopic (exact) mass is 235 g/mol. The van der Waals surface area contributed by atoms with E-state index in [9.17, 15) is 4.79 Å². The van der Waals surface area contributed by atoms with Crippen molar-refractivity contribution in [3.8, 4) is 0 Å². The molecule has 1 aromatic carbocycles. The molecule has 17 heavy (non-hydrogen) atoms. The lowest BCUT2D eigenvalue weighted by atomic mass is 9.95. The standard InChI is InChI=1S/C14H21NO2/c1-9-7-11(3)12(8-10(9)2)13(15(4)5)14(16)17-6/h7-8,13H,1-6H3. The van der Waals surface area contributed by atoms with Gasteiger partial charge in [0.05, 0.1) is 7.11 Å². The lowest BCUT2D eigenvalue weighted by molar-refractivity contribution is -0.146. The van der Waals surface area contributed by atoms with E-state index >= 15 is 0 Å². The number of ether oxygens (including phenoxy) is 1. The molecule has 0 N–H and O–H groups in total. The lowest BCUT2D eigenvalue weighted by Crippen LogP contribution is -2.29. The number of rotatable bonds is 3. The predicted molar refractivity (Wildman–Crippen MR) is 69.1 cm³/mol. The van der Waals surface area contributed by atoms with Crippen molar-refractivity contribution in [3.05, 3.63) is 34.4 Å². The summed E-state index contributed by atoms with van der Waals surface area (Å²) >= 11 is 0. The number of nitrogens with zero attached hydrogens (tertiary/aromatic N) is 1. The summed E-state index contributed by atoms with van der Waals surface area (Å²) in [6, 6.07) is 3.86. The van der Waals surface area contributed by atoms with Gasteiger partial charge in [0.25, 0.3) is 0 Å². The van der Waals surface area contributed by atoms with E-state index in [2.05, 4.69) is 26.0 Å². The molecule has 0 aliphatic carbocycles. The normalized spacial score (nSPS) is 12.6. The largest absolute Gasteiger partial charge is 0.468 e. The Bertz CT molecular complexity index is 424. The zero-order chi connectivity index (χ0) is 13.2. The van der Waals surface area contributed by atoms with Crippen molar-refractivity contribution in [1.29, 1.82) is 0 Å². The zero-order valence-corrected chi connectivity index (χ0v) is 11.5. The summed E-state index contributed by atoms with van der Waals surface area (Å²) in [7, 11) is 5.20. The minimum absolute atomic E-state index is 0.221. The zero-order valence-electron chi connectivity index (χ0n) is 11.5. The topological polar surface area (TPSA) is 29.5 Å². The Morgan fingerprint density at radius 3 is 2.12 bits per heavy atom. The van der Waals surface area contributed by atoms with Crippen molar-refractivity contribution in [1.82, 2.24) is 4.90 Å². The Hall–Kier alpha value is -1.35. The second-order valence-electron chi connectivity index (χ2n) is 4.68. The number of benzene rings is 1. The minimum atomic E-state index is -0.334. The molecule has 0 aliphatic rings. The van der Waals surface area contributed by atoms with E-state index < -0.39 is 0 Å². The summed E-state index contributed by atoms with van der Waals surface area (Å²) in [5.74, 6) is -0.221. The Kier molecular flexibility index (Phi) is 4.29. The lowest BCUT2D eigenvalue weighted by Gasteiger charge is -2.24. The minimum Gasteiger partial charge on any atom is -0.468 e. The number of likely N-dealkylation sites (N-methyl/N-ethyl adjacent to an activating group) is 1. The first kappa shape index (κ1) is 13.7. The molecule has 3 heteroatoms. The van der Waals surface area contributed by atoms with E-state index in [0.29, 0.717) is 0 Å². The van der Waals surface area contributed by atoms with E-state index in [-0.39, 0.29) is 12.0 Å².